The van der Waals surface area contributed by atoms with Crippen LogP contribution in [0.5, 0.6) is 0 Å². The van der Waals surface area contributed by atoms with Crippen molar-refractivity contribution in [2.45, 2.75) is 13.8 Å². The zero-order valence-electron chi connectivity index (χ0n) is 9.62. The molecule has 0 bridgehead atoms. The Kier molecular flexibility index (Phi) is 3.10. The van der Waals surface area contributed by atoms with Gasteiger partial charge in [0.05, 0.1) is 11.4 Å². The van der Waals surface area contributed by atoms with Crippen LogP contribution >= 0.6 is 0 Å². The number of hydrogen-bond donors (Lipinski definition) is 2. The van der Waals surface area contributed by atoms with E-state index in [9.17, 15) is 0 Å². The average Bonchev–Trinajstić information content (AvgIpc) is 2.30. The van der Waals surface area contributed by atoms with E-state index in [-0.39, 0.29) is 0 Å². The monoisotopic (exact) mass is 212 g/mol. The molecule has 82 valence electrons. The molecule has 2 N–H and O–H groups in total. The van der Waals surface area contributed by atoms with Gasteiger partial charge in [-0.1, -0.05) is 36.4 Å². The van der Waals surface area contributed by atoms with Gasteiger partial charge in [-0.3, -0.25) is 0 Å². The van der Waals surface area contributed by atoms with Crippen molar-refractivity contribution in [3.05, 3.63) is 59.7 Å². The van der Waals surface area contributed by atoms with Gasteiger partial charge in [0.25, 0.3) is 0 Å². The van der Waals surface area contributed by atoms with Crippen LogP contribution in [0.15, 0.2) is 48.5 Å². The van der Waals surface area contributed by atoms with Crippen LogP contribution in [-0.2, 0) is 0 Å². The summed E-state index contributed by atoms with van der Waals surface area (Å²) in [5.41, 5.74) is 11.1. The molecule has 2 nitrogen and oxygen atoms in total. The lowest BCUT2D eigenvalue weighted by Crippen LogP contribution is -2.10. The molecule has 2 aromatic carbocycles. The van der Waals surface area contributed by atoms with E-state index in [1.165, 1.54) is 11.1 Å². The van der Waals surface area contributed by atoms with Crippen molar-refractivity contribution in [3.8, 4) is 0 Å². The van der Waals surface area contributed by atoms with Gasteiger partial charge in [0.1, 0.15) is 0 Å². The minimum Gasteiger partial charge on any atom is -0.301 e. The second-order valence-corrected chi connectivity index (χ2v) is 3.88. The summed E-state index contributed by atoms with van der Waals surface area (Å²) in [7, 11) is 0. The second-order valence-electron chi connectivity index (χ2n) is 3.88. The molecule has 0 heterocycles. The van der Waals surface area contributed by atoms with Crippen molar-refractivity contribution in [3.63, 3.8) is 0 Å². The van der Waals surface area contributed by atoms with Crippen LogP contribution in [0.3, 0.4) is 0 Å². The van der Waals surface area contributed by atoms with Crippen LogP contribution in [0.2, 0.25) is 0 Å². The third-order valence-electron chi connectivity index (χ3n) is 2.62. The molecule has 0 atom stereocenters. The van der Waals surface area contributed by atoms with Crippen molar-refractivity contribution in [2.75, 3.05) is 10.9 Å². The van der Waals surface area contributed by atoms with E-state index in [0.29, 0.717) is 0 Å². The molecule has 16 heavy (non-hydrogen) atoms. The second kappa shape index (κ2) is 4.71. The Labute approximate surface area is 96.3 Å². The third-order valence-corrected chi connectivity index (χ3v) is 2.62. The van der Waals surface area contributed by atoms with Crippen molar-refractivity contribution in [2.24, 2.45) is 0 Å². The van der Waals surface area contributed by atoms with Gasteiger partial charge in [0.2, 0.25) is 0 Å². The molecule has 2 rings (SSSR count). The van der Waals surface area contributed by atoms with E-state index < -0.39 is 0 Å². The highest BCUT2D eigenvalue weighted by atomic mass is 15.4. The van der Waals surface area contributed by atoms with E-state index in [4.69, 9.17) is 0 Å². The first-order valence-corrected chi connectivity index (χ1v) is 5.40. The van der Waals surface area contributed by atoms with Gasteiger partial charge in [0.15, 0.2) is 0 Å². The number of benzene rings is 2. The standard InChI is InChI=1S/C14H16N2/c1-11-7-3-5-9-13(11)15-16-14-10-6-4-8-12(14)2/h3-10,15-16H,1-2H3. The number of para-hydroxylation sites is 2. The molecule has 0 saturated carbocycles. The largest absolute Gasteiger partial charge is 0.301 e. The molecule has 0 saturated heterocycles. The van der Waals surface area contributed by atoms with Gasteiger partial charge < -0.3 is 10.9 Å². The maximum Gasteiger partial charge on any atom is 0.0569 e. The highest BCUT2D eigenvalue weighted by Crippen LogP contribution is 2.16. The maximum absolute atomic E-state index is 3.22. The molecule has 0 aliphatic carbocycles. The first-order chi connectivity index (χ1) is 7.77. The molecular formula is C14H16N2. The fourth-order valence-electron chi connectivity index (χ4n) is 1.56. The van der Waals surface area contributed by atoms with Gasteiger partial charge in [-0.15, -0.1) is 0 Å². The minimum absolute atomic E-state index is 1.10. The highest BCUT2D eigenvalue weighted by molar-refractivity contribution is 5.58. The quantitative estimate of drug-likeness (QED) is 0.757. The number of aryl methyl sites for hydroxylation is 2. The molecule has 0 fully saturated rings. The topological polar surface area (TPSA) is 24.1 Å². The summed E-state index contributed by atoms with van der Waals surface area (Å²) in [5, 5.41) is 0. The lowest BCUT2D eigenvalue weighted by Gasteiger charge is -2.13. The van der Waals surface area contributed by atoms with E-state index in [2.05, 4.69) is 49.0 Å². The summed E-state index contributed by atoms with van der Waals surface area (Å²) in [4.78, 5) is 0. The van der Waals surface area contributed by atoms with Crippen molar-refractivity contribution < 1.29 is 0 Å². The molecule has 2 heteroatoms. The van der Waals surface area contributed by atoms with E-state index in [1.807, 2.05) is 24.3 Å². The lowest BCUT2D eigenvalue weighted by atomic mass is 10.2. The molecule has 2 aromatic rings. The molecule has 0 amide bonds. The first-order valence-electron chi connectivity index (χ1n) is 5.40. The van der Waals surface area contributed by atoms with Crippen molar-refractivity contribution in [1.82, 2.24) is 0 Å². The third kappa shape index (κ3) is 2.34. The SMILES string of the molecule is Cc1ccccc1NNc1ccccc1C. The van der Waals surface area contributed by atoms with Gasteiger partial charge in [0, 0.05) is 0 Å². The molecule has 0 spiro atoms. The number of hydrazine groups is 1. The molecular weight excluding hydrogens is 196 g/mol. The molecule has 0 radical (unpaired) electrons. The Bertz CT molecular complexity index is 432. The van der Waals surface area contributed by atoms with Crippen molar-refractivity contribution in [1.29, 1.82) is 0 Å². The maximum atomic E-state index is 3.22. The number of rotatable bonds is 3. The highest BCUT2D eigenvalue weighted by Gasteiger charge is 1.97. The van der Waals surface area contributed by atoms with Gasteiger partial charge in [-0.2, -0.15) is 0 Å². The van der Waals surface area contributed by atoms with E-state index >= 15 is 0 Å². The fraction of sp³-hybridized carbons (Fsp3) is 0.143. The number of hydrogen-bond acceptors (Lipinski definition) is 2. The Balaban J connectivity index is 2.09. The van der Waals surface area contributed by atoms with Crippen LogP contribution in [0.1, 0.15) is 11.1 Å². The number of nitrogens with one attached hydrogen (secondary N) is 2. The molecule has 0 unspecified atom stereocenters. The zero-order chi connectivity index (χ0) is 11.4. The predicted molar refractivity (Wildman–Crippen MR) is 69.6 cm³/mol. The smallest absolute Gasteiger partial charge is 0.0569 e. The Morgan fingerprint density at radius 3 is 1.38 bits per heavy atom. The summed E-state index contributed by atoms with van der Waals surface area (Å²) >= 11 is 0. The average molecular weight is 212 g/mol. The lowest BCUT2D eigenvalue weighted by molar-refractivity contribution is 1.33. The van der Waals surface area contributed by atoms with Crippen LogP contribution in [0.4, 0.5) is 11.4 Å². The normalized spacial score (nSPS) is 9.88. The Hall–Kier alpha value is -1.96. The predicted octanol–water partition coefficient (Wildman–Crippen LogP) is 3.74. The summed E-state index contributed by atoms with van der Waals surface area (Å²) < 4.78 is 0. The summed E-state index contributed by atoms with van der Waals surface area (Å²) in [6, 6.07) is 16.4. The zero-order valence-corrected chi connectivity index (χ0v) is 9.62. The van der Waals surface area contributed by atoms with Gasteiger partial charge in [-0.05, 0) is 37.1 Å². The first kappa shape index (κ1) is 10.6. The van der Waals surface area contributed by atoms with Crippen LogP contribution in [-0.4, -0.2) is 0 Å². The minimum atomic E-state index is 1.10. The molecule has 0 aliphatic rings. The van der Waals surface area contributed by atoms with Gasteiger partial charge >= 0.3 is 0 Å². The molecule has 0 aromatic heterocycles. The van der Waals surface area contributed by atoms with Crippen LogP contribution in [0.25, 0.3) is 0 Å². The van der Waals surface area contributed by atoms with E-state index in [0.717, 1.165) is 11.4 Å². The van der Waals surface area contributed by atoms with Crippen molar-refractivity contribution >= 4 is 11.4 Å². The Morgan fingerprint density at radius 1 is 0.625 bits per heavy atom. The Morgan fingerprint density at radius 2 is 1.00 bits per heavy atom. The summed E-state index contributed by atoms with van der Waals surface area (Å²) in [5.74, 6) is 0. The van der Waals surface area contributed by atoms with Crippen LogP contribution < -0.4 is 10.9 Å². The van der Waals surface area contributed by atoms with E-state index in [1.54, 1.807) is 0 Å². The molecule has 0 aliphatic heterocycles. The summed E-state index contributed by atoms with van der Waals surface area (Å²) in [6.07, 6.45) is 0. The number of anilines is 2. The summed E-state index contributed by atoms with van der Waals surface area (Å²) in [6.45, 7) is 4.17. The fourth-order valence-corrected chi connectivity index (χ4v) is 1.56. The van der Waals surface area contributed by atoms with Gasteiger partial charge in [-0.25, -0.2) is 0 Å². The van der Waals surface area contributed by atoms with Crippen LogP contribution in [0, 0.1) is 13.8 Å².